The van der Waals surface area contributed by atoms with Gasteiger partial charge < -0.3 is 24.1 Å². The Morgan fingerprint density at radius 3 is 2.30 bits per heavy atom. The highest BCUT2D eigenvalue weighted by Crippen LogP contribution is 2.35. The van der Waals surface area contributed by atoms with Gasteiger partial charge in [0.05, 0.1) is 19.6 Å². The minimum Gasteiger partial charge on any atom is -0.504 e. The summed E-state index contributed by atoms with van der Waals surface area (Å²) in [4.78, 5) is 12.4. The largest absolute Gasteiger partial charge is 0.504 e. The average Bonchev–Trinajstić information content (AvgIpc) is 2.58. The number of hydrogen-bond donors (Lipinski definition) is 2. The van der Waals surface area contributed by atoms with Gasteiger partial charge in [-0.1, -0.05) is 0 Å². The Kier molecular flexibility index (Phi) is 3.57. The van der Waals surface area contributed by atoms with Crippen LogP contribution in [-0.4, -0.2) is 24.4 Å². The van der Waals surface area contributed by atoms with Crippen LogP contribution < -0.4 is 14.9 Å². The quantitative estimate of drug-likeness (QED) is 0.772. The molecule has 3 rings (SSSR count). The van der Waals surface area contributed by atoms with Gasteiger partial charge >= 0.3 is 0 Å². The van der Waals surface area contributed by atoms with E-state index in [4.69, 9.17) is 13.9 Å². The van der Waals surface area contributed by atoms with Crippen LogP contribution in [0.4, 0.5) is 0 Å². The maximum Gasteiger partial charge on any atom is 0.235 e. The Labute approximate surface area is 131 Å². The first-order valence-corrected chi connectivity index (χ1v) is 6.76. The number of ether oxygens (including phenoxy) is 2. The fraction of sp³-hybridized carbons (Fsp3) is 0.118. The molecule has 3 aromatic rings. The van der Waals surface area contributed by atoms with Crippen molar-refractivity contribution >= 4 is 11.0 Å². The summed E-state index contributed by atoms with van der Waals surface area (Å²) in [7, 11) is 2.91. The number of hydrogen-bond acceptors (Lipinski definition) is 6. The van der Waals surface area contributed by atoms with Crippen molar-refractivity contribution < 1.29 is 24.1 Å². The molecule has 2 aromatic carbocycles. The monoisotopic (exact) mass is 314 g/mol. The number of fused-ring (bicyclic) bond motifs is 1. The van der Waals surface area contributed by atoms with Gasteiger partial charge in [0.1, 0.15) is 11.3 Å². The fourth-order valence-corrected chi connectivity index (χ4v) is 2.30. The van der Waals surface area contributed by atoms with Gasteiger partial charge in [-0.3, -0.25) is 4.79 Å². The Morgan fingerprint density at radius 2 is 1.70 bits per heavy atom. The first kappa shape index (κ1) is 14.8. The number of methoxy groups -OCH3 is 2. The van der Waals surface area contributed by atoms with E-state index in [2.05, 4.69) is 0 Å². The van der Waals surface area contributed by atoms with Crippen molar-refractivity contribution in [3.05, 3.63) is 46.6 Å². The summed E-state index contributed by atoms with van der Waals surface area (Å²) in [5.74, 6) is 0.125. The third-order valence-corrected chi connectivity index (χ3v) is 3.52. The lowest BCUT2D eigenvalue weighted by Crippen LogP contribution is -2.03. The summed E-state index contributed by atoms with van der Waals surface area (Å²) in [6.07, 6.45) is 0. The number of rotatable bonds is 3. The van der Waals surface area contributed by atoms with Crippen molar-refractivity contribution in [1.29, 1.82) is 0 Å². The topological polar surface area (TPSA) is 89.1 Å². The Morgan fingerprint density at radius 1 is 1.00 bits per heavy atom. The first-order valence-electron chi connectivity index (χ1n) is 6.76. The normalized spacial score (nSPS) is 10.7. The lowest BCUT2D eigenvalue weighted by molar-refractivity contribution is 0.373. The summed E-state index contributed by atoms with van der Waals surface area (Å²) >= 11 is 0. The molecule has 0 spiro atoms. The van der Waals surface area contributed by atoms with Crippen LogP contribution in [0.3, 0.4) is 0 Å². The molecule has 1 aromatic heterocycles. The van der Waals surface area contributed by atoms with E-state index in [1.165, 1.54) is 19.2 Å². The minimum absolute atomic E-state index is 0.0229. The number of phenolic OH excluding ortho intramolecular Hbond substituents is 1. The molecular formula is C17H14O6. The minimum atomic E-state index is -0.602. The van der Waals surface area contributed by atoms with Gasteiger partial charge in [0.2, 0.25) is 11.2 Å². The molecule has 6 heteroatoms. The van der Waals surface area contributed by atoms with Gasteiger partial charge in [0, 0.05) is 11.6 Å². The second-order valence-electron chi connectivity index (χ2n) is 4.86. The SMILES string of the molecule is COc1ccc(-c2oc3cc(O)c(OC)cc3c(=O)c2O)cc1. The molecule has 0 aliphatic heterocycles. The lowest BCUT2D eigenvalue weighted by atomic mass is 10.1. The summed E-state index contributed by atoms with van der Waals surface area (Å²) in [5, 5.41) is 20.1. The van der Waals surface area contributed by atoms with Crippen molar-refractivity contribution in [3.63, 3.8) is 0 Å². The molecule has 6 nitrogen and oxygen atoms in total. The van der Waals surface area contributed by atoms with E-state index >= 15 is 0 Å². The van der Waals surface area contributed by atoms with Crippen LogP contribution in [-0.2, 0) is 0 Å². The van der Waals surface area contributed by atoms with Gasteiger partial charge in [-0.25, -0.2) is 0 Å². The van der Waals surface area contributed by atoms with Crippen LogP contribution in [0.1, 0.15) is 0 Å². The zero-order valence-electron chi connectivity index (χ0n) is 12.5. The highest BCUT2D eigenvalue weighted by molar-refractivity contribution is 5.84. The van der Waals surface area contributed by atoms with Gasteiger partial charge in [-0.2, -0.15) is 0 Å². The molecule has 23 heavy (non-hydrogen) atoms. The highest BCUT2D eigenvalue weighted by atomic mass is 16.5. The highest BCUT2D eigenvalue weighted by Gasteiger charge is 2.17. The van der Waals surface area contributed by atoms with Crippen molar-refractivity contribution in [2.45, 2.75) is 0 Å². The molecule has 118 valence electrons. The molecule has 0 atom stereocenters. The summed E-state index contributed by atoms with van der Waals surface area (Å²) in [6.45, 7) is 0. The van der Waals surface area contributed by atoms with Gasteiger partial charge in [-0.15, -0.1) is 0 Å². The third-order valence-electron chi connectivity index (χ3n) is 3.52. The molecule has 0 aliphatic rings. The number of aromatic hydroxyl groups is 2. The molecule has 0 bridgehead atoms. The van der Waals surface area contributed by atoms with Gasteiger partial charge in [0.25, 0.3) is 0 Å². The Bertz CT molecular complexity index is 924. The molecule has 2 N–H and O–H groups in total. The van der Waals surface area contributed by atoms with E-state index in [-0.39, 0.29) is 28.2 Å². The van der Waals surface area contributed by atoms with Crippen LogP contribution in [0.15, 0.2) is 45.6 Å². The molecule has 0 fully saturated rings. The predicted octanol–water partition coefficient (Wildman–Crippen LogP) is 2.89. The van der Waals surface area contributed by atoms with E-state index in [1.54, 1.807) is 31.4 Å². The Balaban J connectivity index is 2.25. The van der Waals surface area contributed by atoms with Gasteiger partial charge in [-0.05, 0) is 30.3 Å². The standard InChI is InChI=1S/C17H14O6/c1-21-10-5-3-9(4-6-10)17-16(20)15(19)11-7-14(22-2)12(18)8-13(11)23-17/h3-8,18,20H,1-2H3. The maximum absolute atomic E-state index is 12.4. The molecule has 1 heterocycles. The lowest BCUT2D eigenvalue weighted by Gasteiger charge is -2.09. The van der Waals surface area contributed by atoms with Crippen LogP contribution >= 0.6 is 0 Å². The van der Waals surface area contributed by atoms with E-state index in [0.717, 1.165) is 0 Å². The fourth-order valence-electron chi connectivity index (χ4n) is 2.30. The zero-order valence-corrected chi connectivity index (χ0v) is 12.5. The van der Waals surface area contributed by atoms with Crippen molar-refractivity contribution in [2.75, 3.05) is 14.2 Å². The summed E-state index contributed by atoms with van der Waals surface area (Å²) in [5.41, 5.74) is 0.0601. The van der Waals surface area contributed by atoms with E-state index in [0.29, 0.717) is 11.3 Å². The molecule has 0 radical (unpaired) electrons. The summed E-state index contributed by atoms with van der Waals surface area (Å²) in [6, 6.07) is 9.29. The molecule has 0 saturated heterocycles. The maximum atomic E-state index is 12.4. The van der Waals surface area contributed by atoms with Gasteiger partial charge in [0.15, 0.2) is 17.3 Å². The van der Waals surface area contributed by atoms with Crippen molar-refractivity contribution in [3.8, 4) is 34.3 Å². The third kappa shape index (κ3) is 2.44. The molecule has 0 saturated carbocycles. The number of phenols is 1. The smallest absolute Gasteiger partial charge is 0.235 e. The Hall–Kier alpha value is -3.15. The second kappa shape index (κ2) is 5.57. The zero-order chi connectivity index (χ0) is 16.6. The van der Waals surface area contributed by atoms with Crippen LogP contribution in [0.2, 0.25) is 0 Å². The number of benzene rings is 2. The average molecular weight is 314 g/mol. The summed E-state index contributed by atoms with van der Waals surface area (Å²) < 4.78 is 15.6. The van der Waals surface area contributed by atoms with Crippen LogP contribution in [0, 0.1) is 0 Å². The van der Waals surface area contributed by atoms with Crippen LogP contribution in [0.5, 0.6) is 23.0 Å². The van der Waals surface area contributed by atoms with E-state index in [1.807, 2.05) is 0 Å². The predicted molar refractivity (Wildman–Crippen MR) is 84.4 cm³/mol. The van der Waals surface area contributed by atoms with Crippen molar-refractivity contribution in [1.82, 2.24) is 0 Å². The molecular weight excluding hydrogens is 300 g/mol. The van der Waals surface area contributed by atoms with Crippen LogP contribution in [0.25, 0.3) is 22.3 Å². The molecule has 0 unspecified atom stereocenters. The van der Waals surface area contributed by atoms with Crippen molar-refractivity contribution in [2.24, 2.45) is 0 Å². The first-order chi connectivity index (χ1) is 11.0. The molecule has 0 amide bonds. The molecule has 0 aliphatic carbocycles. The van der Waals surface area contributed by atoms with E-state index in [9.17, 15) is 15.0 Å². The second-order valence-corrected chi connectivity index (χ2v) is 4.86. The van der Waals surface area contributed by atoms with E-state index < -0.39 is 11.2 Å².